The lowest BCUT2D eigenvalue weighted by Crippen LogP contribution is -2.37. The Labute approximate surface area is 231 Å². The Balaban J connectivity index is 1.51. The highest BCUT2D eigenvalue weighted by atomic mass is 32.2. The molecule has 0 spiro atoms. The second kappa shape index (κ2) is 9.79. The second-order valence-electron chi connectivity index (χ2n) is 10.0. The maximum absolute atomic E-state index is 13.4. The number of hydrogen-bond acceptors (Lipinski definition) is 9. The van der Waals surface area contributed by atoms with E-state index in [0.717, 1.165) is 5.69 Å². The minimum atomic E-state index is -4.06. The lowest BCUT2D eigenvalue weighted by molar-refractivity contribution is -0.131. The number of carbonyl (C=O) groups is 1. The van der Waals surface area contributed by atoms with Crippen LogP contribution in [0.4, 0.5) is 8.78 Å². The maximum atomic E-state index is 13.4. The summed E-state index contributed by atoms with van der Waals surface area (Å²) in [4.78, 5) is 23.0. The molecule has 0 atom stereocenters. The first-order valence-corrected chi connectivity index (χ1v) is 15.1. The number of nitriles is 1. The SMILES string of the molecule is CCC(=O)N1CCC(c2ncnc3c2c2ccc(S(=O)(=O)NC4(C#N)CC4)cc2n3-c2nnc(C(F)F)s2)CC1. The van der Waals surface area contributed by atoms with Crippen molar-refractivity contribution in [3.05, 3.63) is 35.2 Å². The molecule has 1 aliphatic carbocycles. The predicted octanol–water partition coefficient (Wildman–Crippen LogP) is 3.81. The normalized spacial score (nSPS) is 17.5. The number of sulfonamides is 1. The molecule has 2 fully saturated rings. The topological polar surface area (TPSA) is 147 Å². The fraction of sp³-hybridized carbons (Fsp3) is 0.440. The van der Waals surface area contributed by atoms with E-state index in [0.29, 0.717) is 78.5 Å². The number of carbonyl (C=O) groups excluding carboxylic acids is 1. The zero-order valence-corrected chi connectivity index (χ0v) is 23.0. The highest BCUT2D eigenvalue weighted by molar-refractivity contribution is 7.89. The van der Waals surface area contributed by atoms with E-state index in [1.807, 2.05) is 17.9 Å². The molecule has 6 rings (SSSR count). The Morgan fingerprint density at radius 1 is 1.25 bits per heavy atom. The van der Waals surface area contributed by atoms with Crippen LogP contribution >= 0.6 is 11.3 Å². The van der Waals surface area contributed by atoms with Gasteiger partial charge in [0.2, 0.25) is 21.1 Å². The number of amides is 1. The van der Waals surface area contributed by atoms with E-state index in [1.165, 1.54) is 23.0 Å². The first-order chi connectivity index (χ1) is 19.2. The van der Waals surface area contributed by atoms with Crippen LogP contribution in [0.15, 0.2) is 29.4 Å². The number of alkyl halides is 2. The van der Waals surface area contributed by atoms with Gasteiger partial charge in [-0.2, -0.15) is 9.98 Å². The number of halogens is 2. The molecular weight excluding hydrogens is 562 g/mol. The third kappa shape index (κ3) is 4.49. The van der Waals surface area contributed by atoms with Gasteiger partial charge >= 0.3 is 0 Å². The summed E-state index contributed by atoms with van der Waals surface area (Å²) < 4.78 is 57.3. The molecule has 1 N–H and O–H groups in total. The molecule has 1 aliphatic heterocycles. The van der Waals surface area contributed by atoms with Crippen LogP contribution < -0.4 is 4.72 Å². The van der Waals surface area contributed by atoms with Crippen LogP contribution in [0.5, 0.6) is 0 Å². The van der Waals surface area contributed by atoms with Crippen molar-refractivity contribution >= 4 is 49.2 Å². The predicted molar refractivity (Wildman–Crippen MR) is 142 cm³/mol. The van der Waals surface area contributed by atoms with Crippen LogP contribution in [0.2, 0.25) is 0 Å². The van der Waals surface area contributed by atoms with Crippen molar-refractivity contribution in [2.45, 2.75) is 61.8 Å². The van der Waals surface area contributed by atoms with E-state index in [4.69, 9.17) is 0 Å². The van der Waals surface area contributed by atoms with Crippen LogP contribution in [0.1, 0.15) is 62.1 Å². The fourth-order valence-electron chi connectivity index (χ4n) is 5.22. The molecule has 0 radical (unpaired) electrons. The van der Waals surface area contributed by atoms with Gasteiger partial charge in [0.1, 0.15) is 11.9 Å². The number of piperidine rings is 1. The van der Waals surface area contributed by atoms with Crippen molar-refractivity contribution in [3.63, 3.8) is 0 Å². The lowest BCUT2D eigenvalue weighted by atomic mass is 9.91. The Hall–Kier alpha value is -3.61. The number of benzene rings is 1. The number of nitrogens with zero attached hydrogens (tertiary/aromatic N) is 7. The van der Waals surface area contributed by atoms with E-state index in [-0.39, 0.29) is 21.9 Å². The Morgan fingerprint density at radius 2 is 2.00 bits per heavy atom. The van der Waals surface area contributed by atoms with Gasteiger partial charge in [-0.1, -0.05) is 24.3 Å². The van der Waals surface area contributed by atoms with Gasteiger partial charge in [-0.15, -0.1) is 10.2 Å². The molecule has 15 heteroatoms. The molecule has 3 aromatic heterocycles. The van der Waals surface area contributed by atoms with Crippen LogP contribution in [0.3, 0.4) is 0 Å². The molecule has 11 nitrogen and oxygen atoms in total. The van der Waals surface area contributed by atoms with Crippen LogP contribution in [-0.4, -0.2) is 62.6 Å². The molecule has 1 aromatic carbocycles. The van der Waals surface area contributed by atoms with Gasteiger partial charge in [-0.3, -0.25) is 9.36 Å². The lowest BCUT2D eigenvalue weighted by Gasteiger charge is -2.31. The summed E-state index contributed by atoms with van der Waals surface area (Å²) in [5, 5.41) is 17.9. The molecule has 4 heterocycles. The highest BCUT2D eigenvalue weighted by Gasteiger charge is 2.47. The van der Waals surface area contributed by atoms with E-state index < -0.39 is 27.0 Å². The minimum absolute atomic E-state index is 0.00642. The van der Waals surface area contributed by atoms with Gasteiger partial charge in [0.05, 0.1) is 22.2 Å². The van der Waals surface area contributed by atoms with Gasteiger partial charge in [0, 0.05) is 36.2 Å². The highest BCUT2D eigenvalue weighted by Crippen LogP contribution is 2.40. The van der Waals surface area contributed by atoms with Crippen molar-refractivity contribution in [2.75, 3.05) is 13.1 Å². The molecule has 0 unspecified atom stereocenters. The fourth-order valence-corrected chi connectivity index (χ4v) is 7.33. The smallest absolute Gasteiger partial charge is 0.291 e. The number of rotatable bonds is 7. The maximum Gasteiger partial charge on any atom is 0.291 e. The average Bonchev–Trinajstić information content (AvgIpc) is 3.39. The van der Waals surface area contributed by atoms with E-state index in [9.17, 15) is 27.3 Å². The molecule has 1 saturated carbocycles. The van der Waals surface area contributed by atoms with Gasteiger partial charge in [0.15, 0.2) is 10.7 Å². The van der Waals surface area contributed by atoms with E-state index >= 15 is 0 Å². The van der Waals surface area contributed by atoms with Crippen LogP contribution in [-0.2, 0) is 14.8 Å². The Kier molecular flexibility index (Phi) is 6.51. The third-order valence-corrected chi connectivity index (χ3v) is 9.95. The van der Waals surface area contributed by atoms with Crippen LogP contribution in [0.25, 0.3) is 27.1 Å². The number of aromatic nitrogens is 5. The van der Waals surface area contributed by atoms with Crippen LogP contribution in [0, 0.1) is 11.3 Å². The third-order valence-electron chi connectivity index (χ3n) is 7.50. The monoisotopic (exact) mass is 586 g/mol. The number of fused-ring (bicyclic) bond motifs is 3. The zero-order valence-electron chi connectivity index (χ0n) is 21.3. The van der Waals surface area contributed by atoms with Crippen molar-refractivity contribution in [2.24, 2.45) is 0 Å². The molecule has 4 aromatic rings. The number of hydrogen-bond donors (Lipinski definition) is 1. The molecule has 2 aliphatic rings. The number of likely N-dealkylation sites (tertiary alicyclic amines) is 1. The minimum Gasteiger partial charge on any atom is -0.343 e. The summed E-state index contributed by atoms with van der Waals surface area (Å²) >= 11 is 0.691. The summed E-state index contributed by atoms with van der Waals surface area (Å²) in [6.45, 7) is 3.01. The van der Waals surface area contributed by atoms with Crippen molar-refractivity contribution in [1.82, 2.24) is 34.4 Å². The largest absolute Gasteiger partial charge is 0.343 e. The molecule has 1 amide bonds. The van der Waals surface area contributed by atoms with Crippen molar-refractivity contribution < 1.29 is 22.0 Å². The standard InChI is InChI=1S/C25H24F2N8O3S2/c1-2-18(36)34-9-5-14(6-10-34)20-19-16-4-3-15(40(37,38)33-25(12-28)7-8-25)11-17(16)35(22(19)30-13-29-20)24-32-31-23(39-24)21(26)27/h3-4,11,13-14,21,33H,2,5-10H2,1H3. The van der Waals surface area contributed by atoms with Gasteiger partial charge < -0.3 is 4.90 Å². The molecular formula is C25H24F2N8O3S2. The summed E-state index contributed by atoms with van der Waals surface area (Å²) in [6.07, 6.45) is 1.24. The van der Waals surface area contributed by atoms with Gasteiger partial charge in [-0.25, -0.2) is 27.2 Å². The van der Waals surface area contributed by atoms with E-state index in [2.05, 4.69) is 24.9 Å². The van der Waals surface area contributed by atoms with E-state index in [1.54, 1.807) is 6.07 Å². The summed E-state index contributed by atoms with van der Waals surface area (Å²) in [5.74, 6) is 0.104. The van der Waals surface area contributed by atoms with Gasteiger partial charge in [-0.05, 0) is 37.8 Å². The molecule has 208 valence electrons. The van der Waals surface area contributed by atoms with Crippen molar-refractivity contribution in [1.29, 1.82) is 5.26 Å². The second-order valence-corrected chi connectivity index (χ2v) is 12.7. The summed E-state index contributed by atoms with van der Waals surface area (Å²) in [7, 11) is -4.06. The summed E-state index contributed by atoms with van der Waals surface area (Å²) in [5.41, 5.74) is 0.406. The summed E-state index contributed by atoms with van der Waals surface area (Å²) in [6, 6.07) is 6.55. The average molecular weight is 587 g/mol. The Morgan fingerprint density at radius 3 is 2.62 bits per heavy atom. The quantitative estimate of drug-likeness (QED) is 0.344. The molecule has 0 bridgehead atoms. The molecule has 1 saturated heterocycles. The van der Waals surface area contributed by atoms with Gasteiger partial charge in [0.25, 0.3) is 6.43 Å². The first-order valence-electron chi connectivity index (χ1n) is 12.8. The zero-order chi connectivity index (χ0) is 28.2. The number of nitrogens with one attached hydrogen (secondary N) is 1. The Bertz CT molecular complexity index is 1780. The first kappa shape index (κ1) is 26.6. The molecule has 40 heavy (non-hydrogen) atoms. The van der Waals surface area contributed by atoms with Crippen molar-refractivity contribution in [3.8, 4) is 11.2 Å².